The van der Waals surface area contributed by atoms with Gasteiger partial charge in [0.15, 0.2) is 0 Å². The van der Waals surface area contributed by atoms with Crippen molar-refractivity contribution in [2.75, 3.05) is 33.2 Å². The van der Waals surface area contributed by atoms with E-state index in [9.17, 15) is 0 Å². The fourth-order valence-corrected chi connectivity index (χ4v) is 1.08. The van der Waals surface area contributed by atoms with Crippen molar-refractivity contribution in [3.8, 4) is 0 Å². The first-order valence-electron chi connectivity index (χ1n) is 5.17. The van der Waals surface area contributed by atoms with Crippen LogP contribution in [0.15, 0.2) is 12.7 Å². The smallest absolute Gasteiger partial charge is 0.0104 e. The molecule has 13 heavy (non-hydrogen) atoms. The van der Waals surface area contributed by atoms with Crippen LogP contribution in [0.25, 0.3) is 0 Å². The van der Waals surface area contributed by atoms with Crippen LogP contribution in [0.3, 0.4) is 0 Å². The number of hydrogen-bond acceptors (Lipinski definition) is 2. The molecule has 0 aromatic rings. The first kappa shape index (κ1) is 12.7. The van der Waals surface area contributed by atoms with Crippen molar-refractivity contribution in [2.45, 2.75) is 20.3 Å². The molecule has 0 aliphatic heterocycles. The second-order valence-corrected chi connectivity index (χ2v) is 3.98. The summed E-state index contributed by atoms with van der Waals surface area (Å²) < 4.78 is 0. The predicted molar refractivity (Wildman–Crippen MR) is 60.0 cm³/mol. The maximum atomic E-state index is 3.71. The predicted octanol–water partition coefficient (Wildman–Crippen LogP) is 1.74. The Morgan fingerprint density at radius 3 is 2.62 bits per heavy atom. The standard InChI is InChI=1S/C11H24N2/c1-5-6-8-13(4)9-7-12-10-11(2)3/h5,11-12H,1,6-10H2,2-4H3. The van der Waals surface area contributed by atoms with Crippen molar-refractivity contribution in [2.24, 2.45) is 5.92 Å². The van der Waals surface area contributed by atoms with Crippen LogP contribution in [0, 0.1) is 5.92 Å². The molecule has 78 valence electrons. The molecule has 0 aromatic heterocycles. The average Bonchev–Trinajstić information content (AvgIpc) is 2.08. The number of rotatable bonds is 8. The van der Waals surface area contributed by atoms with E-state index in [0.717, 1.165) is 38.5 Å². The minimum atomic E-state index is 0.749. The Bertz CT molecular complexity index is 121. The molecule has 0 radical (unpaired) electrons. The highest BCUT2D eigenvalue weighted by Gasteiger charge is 1.96. The maximum absolute atomic E-state index is 3.71. The van der Waals surface area contributed by atoms with Crippen LogP contribution in [0.4, 0.5) is 0 Å². The molecule has 2 heteroatoms. The number of nitrogens with one attached hydrogen (secondary N) is 1. The zero-order valence-corrected chi connectivity index (χ0v) is 9.34. The zero-order chi connectivity index (χ0) is 10.1. The molecule has 0 atom stereocenters. The molecule has 0 spiro atoms. The van der Waals surface area contributed by atoms with Gasteiger partial charge in [-0.2, -0.15) is 0 Å². The number of nitrogens with zero attached hydrogens (tertiary/aromatic N) is 1. The average molecular weight is 184 g/mol. The highest BCUT2D eigenvalue weighted by Crippen LogP contribution is 1.88. The van der Waals surface area contributed by atoms with E-state index in [-0.39, 0.29) is 0 Å². The lowest BCUT2D eigenvalue weighted by Crippen LogP contribution is -2.31. The first-order valence-corrected chi connectivity index (χ1v) is 5.17. The number of likely N-dealkylation sites (N-methyl/N-ethyl adjacent to an activating group) is 1. The second kappa shape index (κ2) is 8.27. The summed E-state index contributed by atoms with van der Waals surface area (Å²) in [6, 6.07) is 0. The van der Waals surface area contributed by atoms with Crippen LogP contribution in [-0.2, 0) is 0 Å². The van der Waals surface area contributed by atoms with Gasteiger partial charge in [0, 0.05) is 19.6 Å². The van der Waals surface area contributed by atoms with Crippen LogP contribution >= 0.6 is 0 Å². The van der Waals surface area contributed by atoms with E-state index in [0.29, 0.717) is 0 Å². The van der Waals surface area contributed by atoms with Crippen LogP contribution in [0.1, 0.15) is 20.3 Å². The molecule has 0 aromatic carbocycles. The maximum Gasteiger partial charge on any atom is 0.0104 e. The molecule has 0 heterocycles. The van der Waals surface area contributed by atoms with Gasteiger partial charge in [-0.05, 0) is 25.9 Å². The van der Waals surface area contributed by atoms with Crippen molar-refractivity contribution in [3.05, 3.63) is 12.7 Å². The summed E-state index contributed by atoms with van der Waals surface area (Å²) in [5.74, 6) is 0.749. The summed E-state index contributed by atoms with van der Waals surface area (Å²) in [5, 5.41) is 3.42. The summed E-state index contributed by atoms with van der Waals surface area (Å²) in [6.45, 7) is 12.6. The van der Waals surface area contributed by atoms with E-state index >= 15 is 0 Å². The van der Waals surface area contributed by atoms with Gasteiger partial charge < -0.3 is 10.2 Å². The lowest BCUT2D eigenvalue weighted by molar-refractivity contribution is 0.335. The zero-order valence-electron chi connectivity index (χ0n) is 9.34. The molecule has 0 unspecified atom stereocenters. The molecular formula is C11H24N2. The van der Waals surface area contributed by atoms with Gasteiger partial charge in [-0.1, -0.05) is 19.9 Å². The molecule has 1 N–H and O–H groups in total. The number of hydrogen-bond donors (Lipinski definition) is 1. The van der Waals surface area contributed by atoms with Crippen molar-refractivity contribution in [1.29, 1.82) is 0 Å². The SMILES string of the molecule is C=CCCN(C)CCNCC(C)C. The van der Waals surface area contributed by atoms with Crippen molar-refractivity contribution in [3.63, 3.8) is 0 Å². The fraction of sp³-hybridized carbons (Fsp3) is 0.818. The Hall–Kier alpha value is -0.340. The van der Waals surface area contributed by atoms with Gasteiger partial charge in [0.1, 0.15) is 0 Å². The normalized spacial score (nSPS) is 11.2. The molecule has 0 saturated heterocycles. The van der Waals surface area contributed by atoms with Crippen molar-refractivity contribution >= 4 is 0 Å². The molecule has 0 aliphatic carbocycles. The molecule has 0 rings (SSSR count). The van der Waals surface area contributed by atoms with Gasteiger partial charge in [0.2, 0.25) is 0 Å². The van der Waals surface area contributed by atoms with Crippen molar-refractivity contribution in [1.82, 2.24) is 10.2 Å². The monoisotopic (exact) mass is 184 g/mol. The van der Waals surface area contributed by atoms with Gasteiger partial charge in [-0.15, -0.1) is 6.58 Å². The third-order valence-corrected chi connectivity index (χ3v) is 1.94. The van der Waals surface area contributed by atoms with Gasteiger partial charge in [0.25, 0.3) is 0 Å². The van der Waals surface area contributed by atoms with Gasteiger partial charge in [-0.25, -0.2) is 0 Å². The summed E-state index contributed by atoms with van der Waals surface area (Å²) >= 11 is 0. The van der Waals surface area contributed by atoms with Gasteiger partial charge in [0.05, 0.1) is 0 Å². The third-order valence-electron chi connectivity index (χ3n) is 1.94. The largest absolute Gasteiger partial charge is 0.315 e. The van der Waals surface area contributed by atoms with E-state index in [1.54, 1.807) is 0 Å². The van der Waals surface area contributed by atoms with E-state index in [1.807, 2.05) is 6.08 Å². The van der Waals surface area contributed by atoms with Crippen LogP contribution in [0.5, 0.6) is 0 Å². The quantitative estimate of drug-likeness (QED) is 0.456. The summed E-state index contributed by atoms with van der Waals surface area (Å²) in [6.07, 6.45) is 3.05. The Morgan fingerprint density at radius 2 is 2.08 bits per heavy atom. The third kappa shape index (κ3) is 9.57. The van der Waals surface area contributed by atoms with E-state index in [4.69, 9.17) is 0 Å². The molecule has 2 nitrogen and oxygen atoms in total. The Morgan fingerprint density at radius 1 is 1.38 bits per heavy atom. The Labute approximate surface area is 83.0 Å². The minimum Gasteiger partial charge on any atom is -0.315 e. The fourth-order valence-electron chi connectivity index (χ4n) is 1.08. The molecule has 0 amide bonds. The molecule has 0 saturated carbocycles. The highest BCUT2D eigenvalue weighted by molar-refractivity contribution is 4.68. The topological polar surface area (TPSA) is 15.3 Å². The van der Waals surface area contributed by atoms with E-state index < -0.39 is 0 Å². The van der Waals surface area contributed by atoms with Crippen LogP contribution < -0.4 is 5.32 Å². The van der Waals surface area contributed by atoms with Gasteiger partial charge >= 0.3 is 0 Å². The molecule has 0 bridgehead atoms. The first-order chi connectivity index (χ1) is 6.16. The van der Waals surface area contributed by atoms with E-state index in [1.165, 1.54) is 0 Å². The highest BCUT2D eigenvalue weighted by atomic mass is 15.1. The van der Waals surface area contributed by atoms with Crippen molar-refractivity contribution < 1.29 is 0 Å². The Balaban J connectivity index is 3.16. The lowest BCUT2D eigenvalue weighted by atomic mass is 10.2. The molecule has 0 fully saturated rings. The van der Waals surface area contributed by atoms with Gasteiger partial charge in [-0.3, -0.25) is 0 Å². The molecular weight excluding hydrogens is 160 g/mol. The summed E-state index contributed by atoms with van der Waals surface area (Å²) in [7, 11) is 2.15. The summed E-state index contributed by atoms with van der Waals surface area (Å²) in [4.78, 5) is 2.33. The lowest BCUT2D eigenvalue weighted by Gasteiger charge is -2.16. The van der Waals surface area contributed by atoms with E-state index in [2.05, 4.69) is 37.7 Å². The Kier molecular flexibility index (Phi) is 8.05. The second-order valence-electron chi connectivity index (χ2n) is 3.98. The molecule has 0 aliphatic rings. The van der Waals surface area contributed by atoms with Crippen LogP contribution in [0.2, 0.25) is 0 Å². The van der Waals surface area contributed by atoms with Crippen LogP contribution in [-0.4, -0.2) is 38.1 Å². The summed E-state index contributed by atoms with van der Waals surface area (Å²) in [5.41, 5.74) is 0. The minimum absolute atomic E-state index is 0.749.